The minimum absolute atomic E-state index is 0.0860. The average molecular weight is 318 g/mol. The molecule has 0 atom stereocenters. The molecule has 0 unspecified atom stereocenters. The second-order valence-electron chi connectivity index (χ2n) is 6.52. The van der Waals surface area contributed by atoms with Gasteiger partial charge in [-0.1, -0.05) is 0 Å². The monoisotopic (exact) mass is 318 g/mol. The van der Waals surface area contributed by atoms with Crippen LogP contribution in [0.25, 0.3) is 0 Å². The van der Waals surface area contributed by atoms with Crippen LogP contribution in [0, 0.1) is 0 Å². The number of hydrogen-bond acceptors (Lipinski definition) is 5. The van der Waals surface area contributed by atoms with Gasteiger partial charge in [0.15, 0.2) is 0 Å². The molecule has 2 aliphatic heterocycles. The summed E-state index contributed by atoms with van der Waals surface area (Å²) in [4.78, 5) is 19.1. The first-order valence-corrected chi connectivity index (χ1v) is 8.52. The van der Waals surface area contributed by atoms with Crippen LogP contribution in [-0.2, 0) is 16.1 Å². The molecule has 2 aliphatic rings. The highest BCUT2D eigenvalue weighted by atomic mass is 16.5. The molecule has 1 aromatic rings. The second-order valence-corrected chi connectivity index (χ2v) is 6.52. The SMILES string of the molecule is NC1(C(=O)NCc2ccnc(N3CCCCC3)c2)CCOCC1. The zero-order chi connectivity index (χ0) is 16.1. The summed E-state index contributed by atoms with van der Waals surface area (Å²) in [5.41, 5.74) is 6.47. The average Bonchev–Trinajstić information content (AvgIpc) is 2.61. The molecule has 3 heterocycles. The van der Waals surface area contributed by atoms with E-state index in [0.717, 1.165) is 24.5 Å². The van der Waals surface area contributed by atoms with Gasteiger partial charge in [0, 0.05) is 39.0 Å². The van der Waals surface area contributed by atoms with Crippen molar-refractivity contribution in [2.45, 2.75) is 44.2 Å². The largest absolute Gasteiger partial charge is 0.381 e. The molecule has 23 heavy (non-hydrogen) atoms. The van der Waals surface area contributed by atoms with Crippen molar-refractivity contribution in [2.24, 2.45) is 5.73 Å². The van der Waals surface area contributed by atoms with Gasteiger partial charge in [-0.25, -0.2) is 4.98 Å². The molecule has 3 rings (SSSR count). The lowest BCUT2D eigenvalue weighted by molar-refractivity contribution is -0.129. The van der Waals surface area contributed by atoms with Gasteiger partial charge in [0.25, 0.3) is 0 Å². The third-order valence-electron chi connectivity index (χ3n) is 4.78. The van der Waals surface area contributed by atoms with Crippen LogP contribution in [0.15, 0.2) is 18.3 Å². The van der Waals surface area contributed by atoms with E-state index in [-0.39, 0.29) is 5.91 Å². The van der Waals surface area contributed by atoms with Crippen LogP contribution in [0.1, 0.15) is 37.7 Å². The third kappa shape index (κ3) is 4.00. The number of nitrogens with zero attached hydrogens (tertiary/aromatic N) is 2. The lowest BCUT2D eigenvalue weighted by Gasteiger charge is -2.31. The number of hydrogen-bond donors (Lipinski definition) is 2. The van der Waals surface area contributed by atoms with Gasteiger partial charge in [0.05, 0.1) is 5.54 Å². The highest BCUT2D eigenvalue weighted by molar-refractivity contribution is 5.86. The molecule has 6 nitrogen and oxygen atoms in total. The quantitative estimate of drug-likeness (QED) is 0.872. The van der Waals surface area contributed by atoms with Gasteiger partial charge in [-0.15, -0.1) is 0 Å². The Morgan fingerprint density at radius 1 is 1.30 bits per heavy atom. The van der Waals surface area contributed by atoms with Gasteiger partial charge in [0.2, 0.25) is 5.91 Å². The summed E-state index contributed by atoms with van der Waals surface area (Å²) in [7, 11) is 0. The van der Waals surface area contributed by atoms with Crippen LogP contribution in [0.4, 0.5) is 5.82 Å². The number of amides is 1. The molecule has 0 radical (unpaired) electrons. The van der Waals surface area contributed by atoms with Gasteiger partial charge in [-0.05, 0) is 49.8 Å². The molecule has 126 valence electrons. The topological polar surface area (TPSA) is 80.5 Å². The number of nitrogens with one attached hydrogen (secondary N) is 1. The van der Waals surface area contributed by atoms with Crippen LogP contribution in [0.5, 0.6) is 0 Å². The maximum atomic E-state index is 12.4. The number of anilines is 1. The highest BCUT2D eigenvalue weighted by Gasteiger charge is 2.35. The van der Waals surface area contributed by atoms with E-state index in [4.69, 9.17) is 10.5 Å². The van der Waals surface area contributed by atoms with Crippen LogP contribution in [0.2, 0.25) is 0 Å². The number of piperidine rings is 1. The van der Waals surface area contributed by atoms with Crippen molar-refractivity contribution < 1.29 is 9.53 Å². The fraction of sp³-hybridized carbons (Fsp3) is 0.647. The van der Waals surface area contributed by atoms with E-state index >= 15 is 0 Å². The Balaban J connectivity index is 1.58. The van der Waals surface area contributed by atoms with Crippen molar-refractivity contribution in [3.63, 3.8) is 0 Å². The van der Waals surface area contributed by atoms with Crippen LogP contribution in [0.3, 0.4) is 0 Å². The third-order valence-corrected chi connectivity index (χ3v) is 4.78. The number of nitrogens with two attached hydrogens (primary N) is 1. The predicted octanol–water partition coefficient (Wildman–Crippen LogP) is 1.20. The lowest BCUT2D eigenvalue weighted by Crippen LogP contribution is -2.56. The Morgan fingerprint density at radius 2 is 2.04 bits per heavy atom. The van der Waals surface area contributed by atoms with Gasteiger partial charge in [-0.3, -0.25) is 4.79 Å². The molecular weight excluding hydrogens is 292 g/mol. The van der Waals surface area contributed by atoms with Crippen LogP contribution >= 0.6 is 0 Å². The smallest absolute Gasteiger partial charge is 0.240 e. The number of aromatic nitrogens is 1. The van der Waals surface area contributed by atoms with E-state index in [9.17, 15) is 4.79 Å². The first-order chi connectivity index (χ1) is 11.2. The summed E-state index contributed by atoms with van der Waals surface area (Å²) in [5.74, 6) is 0.919. The Hall–Kier alpha value is -1.66. The fourth-order valence-corrected chi connectivity index (χ4v) is 3.19. The fourth-order valence-electron chi connectivity index (χ4n) is 3.19. The Morgan fingerprint density at radius 3 is 2.78 bits per heavy atom. The Kier molecular flexibility index (Phi) is 5.13. The maximum absolute atomic E-state index is 12.4. The van der Waals surface area contributed by atoms with Gasteiger partial charge >= 0.3 is 0 Å². The molecule has 1 aromatic heterocycles. The van der Waals surface area contributed by atoms with E-state index in [2.05, 4.69) is 21.3 Å². The molecule has 0 spiro atoms. The minimum Gasteiger partial charge on any atom is -0.381 e. The zero-order valence-electron chi connectivity index (χ0n) is 13.6. The first kappa shape index (κ1) is 16.2. The maximum Gasteiger partial charge on any atom is 0.240 e. The summed E-state index contributed by atoms with van der Waals surface area (Å²) in [6.07, 6.45) is 6.72. The van der Waals surface area contributed by atoms with E-state index < -0.39 is 5.54 Å². The second kappa shape index (κ2) is 7.27. The molecule has 0 aromatic carbocycles. The van der Waals surface area contributed by atoms with E-state index in [1.807, 2.05) is 12.3 Å². The van der Waals surface area contributed by atoms with Crippen molar-refractivity contribution in [3.05, 3.63) is 23.9 Å². The van der Waals surface area contributed by atoms with Crippen molar-refractivity contribution in [1.29, 1.82) is 0 Å². The molecule has 1 amide bonds. The minimum atomic E-state index is -0.791. The van der Waals surface area contributed by atoms with Crippen LogP contribution in [-0.4, -0.2) is 42.7 Å². The summed E-state index contributed by atoms with van der Waals surface area (Å²) in [6.45, 7) is 3.72. The number of rotatable bonds is 4. The van der Waals surface area contributed by atoms with Crippen LogP contribution < -0.4 is 16.0 Å². The summed E-state index contributed by atoms with van der Waals surface area (Å²) in [6, 6.07) is 4.01. The summed E-state index contributed by atoms with van der Waals surface area (Å²) < 4.78 is 5.29. The molecule has 2 saturated heterocycles. The molecule has 3 N–H and O–H groups in total. The Labute approximate surface area is 137 Å². The summed E-state index contributed by atoms with van der Waals surface area (Å²) >= 11 is 0. The van der Waals surface area contributed by atoms with Crippen molar-refractivity contribution >= 4 is 11.7 Å². The number of carbonyl (C=O) groups excluding carboxylic acids is 1. The molecule has 0 bridgehead atoms. The number of pyridine rings is 1. The normalized spacial score (nSPS) is 21.0. The molecule has 2 fully saturated rings. The number of ether oxygens (including phenoxy) is 1. The zero-order valence-corrected chi connectivity index (χ0v) is 13.6. The van der Waals surface area contributed by atoms with E-state index in [1.165, 1.54) is 19.3 Å². The van der Waals surface area contributed by atoms with Crippen molar-refractivity contribution in [3.8, 4) is 0 Å². The number of carbonyl (C=O) groups is 1. The molecule has 0 saturated carbocycles. The van der Waals surface area contributed by atoms with Gasteiger partial charge < -0.3 is 20.7 Å². The molecule has 0 aliphatic carbocycles. The lowest BCUT2D eigenvalue weighted by atomic mass is 9.90. The van der Waals surface area contributed by atoms with E-state index in [0.29, 0.717) is 32.6 Å². The molecular formula is C17H26N4O2. The highest BCUT2D eigenvalue weighted by Crippen LogP contribution is 2.20. The van der Waals surface area contributed by atoms with Gasteiger partial charge in [0.1, 0.15) is 5.82 Å². The van der Waals surface area contributed by atoms with Gasteiger partial charge in [-0.2, -0.15) is 0 Å². The summed E-state index contributed by atoms with van der Waals surface area (Å²) in [5, 5.41) is 2.97. The standard InChI is InChI=1S/C17H26N4O2/c18-17(5-10-23-11-6-17)16(22)20-13-14-4-7-19-15(12-14)21-8-2-1-3-9-21/h4,7,12H,1-3,5-6,8-11,13,18H2,(H,20,22). The molecule has 6 heteroatoms. The van der Waals surface area contributed by atoms with E-state index in [1.54, 1.807) is 0 Å². The van der Waals surface area contributed by atoms with Crippen molar-refractivity contribution in [2.75, 3.05) is 31.2 Å². The predicted molar refractivity (Wildman–Crippen MR) is 89.1 cm³/mol. The Bertz CT molecular complexity index is 537. The van der Waals surface area contributed by atoms with Crippen molar-refractivity contribution in [1.82, 2.24) is 10.3 Å². The first-order valence-electron chi connectivity index (χ1n) is 8.52.